The average molecular weight is 202 g/mol. The maximum Gasteiger partial charge on any atom is 0.0667 e. The summed E-state index contributed by atoms with van der Waals surface area (Å²) in [5, 5.41) is 4.36. The normalized spacial score (nSPS) is 11.9. The topological polar surface area (TPSA) is 17.3 Å². The van der Waals surface area contributed by atoms with Gasteiger partial charge in [-0.1, -0.05) is 27.7 Å². The summed E-state index contributed by atoms with van der Waals surface area (Å²) in [5.74, 6) is 1.08. The minimum atomic E-state index is 0.506. The van der Waals surface area contributed by atoms with Gasteiger partial charge in [0, 0.05) is 11.9 Å². The summed E-state index contributed by atoms with van der Waals surface area (Å²) in [7, 11) is 0. The number of fused-ring (bicyclic) bond motifs is 1. The van der Waals surface area contributed by atoms with Gasteiger partial charge < -0.3 is 0 Å². The van der Waals surface area contributed by atoms with Crippen LogP contribution >= 0.6 is 0 Å². The van der Waals surface area contributed by atoms with Crippen LogP contribution in [0.15, 0.2) is 24.4 Å². The van der Waals surface area contributed by atoms with E-state index in [1.54, 1.807) is 0 Å². The van der Waals surface area contributed by atoms with Crippen LogP contribution in [0.4, 0.5) is 0 Å². The lowest BCUT2D eigenvalue weighted by molar-refractivity contribution is 0.745. The Kier molecular flexibility index (Phi) is 2.51. The van der Waals surface area contributed by atoms with Crippen LogP contribution in [0.25, 0.3) is 5.52 Å². The quantitative estimate of drug-likeness (QED) is 0.727. The summed E-state index contributed by atoms with van der Waals surface area (Å²) in [6.07, 6.45) is 1.87. The van der Waals surface area contributed by atoms with Gasteiger partial charge in [0.1, 0.15) is 0 Å². The van der Waals surface area contributed by atoms with E-state index in [2.05, 4.69) is 51.0 Å². The molecule has 0 aliphatic heterocycles. The van der Waals surface area contributed by atoms with Crippen molar-refractivity contribution in [3.63, 3.8) is 0 Å². The van der Waals surface area contributed by atoms with Crippen LogP contribution in [0.2, 0.25) is 0 Å². The molecule has 0 spiro atoms. The van der Waals surface area contributed by atoms with Gasteiger partial charge in [0.2, 0.25) is 0 Å². The zero-order valence-corrected chi connectivity index (χ0v) is 9.86. The van der Waals surface area contributed by atoms with Crippen molar-refractivity contribution in [2.45, 2.75) is 39.5 Å². The van der Waals surface area contributed by atoms with Crippen LogP contribution in [-0.4, -0.2) is 9.61 Å². The second-order valence-electron chi connectivity index (χ2n) is 4.69. The van der Waals surface area contributed by atoms with Crippen molar-refractivity contribution < 1.29 is 0 Å². The molecule has 2 heteroatoms. The van der Waals surface area contributed by atoms with Gasteiger partial charge >= 0.3 is 0 Å². The molecule has 2 heterocycles. The summed E-state index contributed by atoms with van der Waals surface area (Å²) in [6.45, 7) is 8.87. The monoisotopic (exact) mass is 202 g/mol. The predicted molar refractivity (Wildman–Crippen MR) is 63.4 cm³/mol. The summed E-state index contributed by atoms with van der Waals surface area (Å²) >= 11 is 0. The van der Waals surface area contributed by atoms with Gasteiger partial charge in [-0.2, -0.15) is 5.10 Å². The van der Waals surface area contributed by atoms with E-state index in [0.717, 1.165) is 0 Å². The molecule has 80 valence electrons. The van der Waals surface area contributed by atoms with E-state index < -0.39 is 0 Å². The number of hydrogen-bond donors (Lipinski definition) is 0. The van der Waals surface area contributed by atoms with Gasteiger partial charge in [-0.25, -0.2) is 4.52 Å². The van der Waals surface area contributed by atoms with E-state index in [1.165, 1.54) is 16.8 Å². The molecule has 2 nitrogen and oxygen atoms in total. The first-order valence-electron chi connectivity index (χ1n) is 5.57. The third-order valence-electron chi connectivity index (χ3n) is 2.80. The molecule has 0 atom stereocenters. The molecule has 0 bridgehead atoms. The molecule has 2 aromatic rings. The van der Waals surface area contributed by atoms with E-state index >= 15 is 0 Å². The molecule has 0 saturated heterocycles. The predicted octanol–water partition coefficient (Wildman–Crippen LogP) is 3.58. The zero-order chi connectivity index (χ0) is 11.0. The number of rotatable bonds is 2. The van der Waals surface area contributed by atoms with Crippen molar-refractivity contribution in [2.24, 2.45) is 0 Å². The molecular formula is C13H18N2. The lowest BCUT2D eigenvalue weighted by atomic mass is 10.00. The Labute approximate surface area is 90.9 Å². The fourth-order valence-corrected chi connectivity index (χ4v) is 1.83. The fourth-order valence-electron chi connectivity index (χ4n) is 1.83. The maximum absolute atomic E-state index is 4.36. The third kappa shape index (κ3) is 1.76. The highest BCUT2D eigenvalue weighted by Crippen LogP contribution is 2.23. The summed E-state index contributed by atoms with van der Waals surface area (Å²) in [5.41, 5.74) is 3.89. The van der Waals surface area contributed by atoms with E-state index in [9.17, 15) is 0 Å². The highest BCUT2D eigenvalue weighted by molar-refractivity contribution is 5.50. The number of nitrogens with zero attached hydrogens (tertiary/aromatic N) is 2. The van der Waals surface area contributed by atoms with Crippen LogP contribution in [0.3, 0.4) is 0 Å². The molecule has 0 aliphatic rings. The highest BCUT2D eigenvalue weighted by Gasteiger charge is 2.09. The minimum Gasteiger partial charge on any atom is -0.238 e. The second kappa shape index (κ2) is 3.69. The Morgan fingerprint density at radius 3 is 2.40 bits per heavy atom. The standard InChI is InChI=1S/C13H18N2/c1-9(2)11-7-12-5-6-14-15(12)13(8-11)10(3)4/h5-10H,1-4H3. The van der Waals surface area contributed by atoms with Gasteiger partial charge in [0.15, 0.2) is 0 Å². The van der Waals surface area contributed by atoms with Crippen molar-refractivity contribution >= 4 is 5.52 Å². The Morgan fingerprint density at radius 2 is 1.80 bits per heavy atom. The summed E-state index contributed by atoms with van der Waals surface area (Å²) < 4.78 is 2.04. The SMILES string of the molecule is CC(C)c1cc(C(C)C)n2nccc2c1. The largest absolute Gasteiger partial charge is 0.238 e. The number of hydrogen-bond acceptors (Lipinski definition) is 1. The van der Waals surface area contributed by atoms with Crippen molar-refractivity contribution in [3.05, 3.63) is 35.7 Å². The van der Waals surface area contributed by atoms with Crippen molar-refractivity contribution in [1.82, 2.24) is 9.61 Å². The molecular weight excluding hydrogens is 184 g/mol. The summed E-state index contributed by atoms with van der Waals surface area (Å²) in [6, 6.07) is 6.57. The van der Waals surface area contributed by atoms with Crippen LogP contribution in [0.5, 0.6) is 0 Å². The van der Waals surface area contributed by atoms with Gasteiger partial charge in [0.25, 0.3) is 0 Å². The van der Waals surface area contributed by atoms with E-state index in [1.807, 2.05) is 10.7 Å². The first-order chi connectivity index (χ1) is 7.09. The number of aromatic nitrogens is 2. The molecule has 0 amide bonds. The van der Waals surface area contributed by atoms with Crippen LogP contribution in [-0.2, 0) is 0 Å². The van der Waals surface area contributed by atoms with Gasteiger partial charge in [0.05, 0.1) is 5.52 Å². The Hall–Kier alpha value is -1.31. The molecule has 0 fully saturated rings. The number of pyridine rings is 1. The van der Waals surface area contributed by atoms with Crippen LogP contribution in [0.1, 0.15) is 50.8 Å². The van der Waals surface area contributed by atoms with Crippen LogP contribution < -0.4 is 0 Å². The summed E-state index contributed by atoms with van der Waals surface area (Å²) in [4.78, 5) is 0. The second-order valence-corrected chi connectivity index (χ2v) is 4.69. The van der Waals surface area contributed by atoms with Crippen molar-refractivity contribution in [2.75, 3.05) is 0 Å². The molecule has 0 aliphatic carbocycles. The Morgan fingerprint density at radius 1 is 1.07 bits per heavy atom. The molecule has 2 aromatic heterocycles. The minimum absolute atomic E-state index is 0.506. The van der Waals surface area contributed by atoms with Gasteiger partial charge in [-0.3, -0.25) is 0 Å². The Bertz CT molecular complexity index is 466. The first kappa shape index (κ1) is 10.2. The van der Waals surface area contributed by atoms with Crippen molar-refractivity contribution in [3.8, 4) is 0 Å². The first-order valence-corrected chi connectivity index (χ1v) is 5.57. The lowest BCUT2D eigenvalue weighted by Crippen LogP contribution is -2.03. The lowest BCUT2D eigenvalue weighted by Gasteiger charge is -2.13. The van der Waals surface area contributed by atoms with Crippen molar-refractivity contribution in [1.29, 1.82) is 0 Å². The smallest absolute Gasteiger partial charge is 0.0667 e. The maximum atomic E-state index is 4.36. The van der Waals surface area contributed by atoms with E-state index in [4.69, 9.17) is 0 Å². The third-order valence-corrected chi connectivity index (χ3v) is 2.80. The van der Waals surface area contributed by atoms with Crippen LogP contribution in [0, 0.1) is 0 Å². The highest BCUT2D eigenvalue weighted by atomic mass is 15.2. The molecule has 2 rings (SSSR count). The average Bonchev–Trinajstić information content (AvgIpc) is 2.62. The fraction of sp³-hybridized carbons (Fsp3) is 0.462. The molecule has 0 saturated carbocycles. The van der Waals surface area contributed by atoms with E-state index in [0.29, 0.717) is 11.8 Å². The molecule has 0 unspecified atom stereocenters. The van der Waals surface area contributed by atoms with Gasteiger partial charge in [-0.05, 0) is 35.6 Å². The zero-order valence-electron chi connectivity index (χ0n) is 9.86. The van der Waals surface area contributed by atoms with Gasteiger partial charge in [-0.15, -0.1) is 0 Å². The Balaban J connectivity index is 2.69. The molecule has 0 radical (unpaired) electrons. The van der Waals surface area contributed by atoms with E-state index in [-0.39, 0.29) is 0 Å². The molecule has 0 aromatic carbocycles. The molecule has 0 N–H and O–H groups in total. The molecule has 15 heavy (non-hydrogen) atoms.